The Morgan fingerprint density at radius 2 is 2.06 bits per heavy atom. The fourth-order valence-corrected chi connectivity index (χ4v) is 5.98. The number of aromatic nitrogens is 1. The van der Waals surface area contributed by atoms with Crippen LogP contribution in [0.5, 0.6) is 5.75 Å². The second-order valence-electron chi connectivity index (χ2n) is 6.51. The minimum absolute atomic E-state index is 0.0259. The van der Waals surface area contributed by atoms with E-state index >= 15 is 0 Å². The summed E-state index contributed by atoms with van der Waals surface area (Å²) in [5, 5.41) is 21.4. The summed E-state index contributed by atoms with van der Waals surface area (Å²) in [6, 6.07) is 7.35. The minimum atomic E-state index is -4.45. The molecule has 1 N–H and O–H groups in total. The first-order valence-electron chi connectivity index (χ1n) is 8.68. The molecule has 10 nitrogen and oxygen atoms in total. The quantitative estimate of drug-likeness (QED) is 0.319. The van der Waals surface area contributed by atoms with Crippen molar-refractivity contribution >= 4 is 60.1 Å². The number of thioether (sulfide) groups is 1. The molecule has 0 aliphatic carbocycles. The van der Waals surface area contributed by atoms with Gasteiger partial charge in [-0.1, -0.05) is 6.07 Å². The monoisotopic (exact) mass is 479 g/mol. The summed E-state index contributed by atoms with van der Waals surface area (Å²) in [5.41, 5.74) is 0.542. The van der Waals surface area contributed by atoms with Crippen LogP contribution in [-0.2, 0) is 14.9 Å². The fourth-order valence-electron chi connectivity index (χ4n) is 2.82. The van der Waals surface area contributed by atoms with Gasteiger partial charge in [0.25, 0.3) is 5.69 Å². The Bertz CT molecular complexity index is 1360. The predicted molar refractivity (Wildman–Crippen MR) is 116 cm³/mol. The number of benzene rings is 2. The number of carboxylic acids is 1. The molecular weight excluding hydrogens is 466 g/mol. The number of nitro benzene ring substituents is 1. The average Bonchev–Trinajstić information content (AvgIpc) is 3.34. The number of aryl methyl sites for hydroxylation is 1. The van der Waals surface area contributed by atoms with Crippen molar-refractivity contribution < 1.29 is 27.4 Å². The number of aliphatic imine (C=N–C) groups is 1. The molecule has 4 rings (SSSR count). The molecule has 1 aliphatic heterocycles. The van der Waals surface area contributed by atoms with Gasteiger partial charge in [-0.05, 0) is 30.7 Å². The first kappa shape index (κ1) is 21.2. The van der Waals surface area contributed by atoms with Crippen LogP contribution < -0.4 is 4.18 Å². The summed E-state index contributed by atoms with van der Waals surface area (Å²) in [4.78, 5) is 29.6. The van der Waals surface area contributed by atoms with Crippen molar-refractivity contribution in [2.45, 2.75) is 17.9 Å². The number of hydrogen-bond donors (Lipinski definition) is 1. The van der Waals surface area contributed by atoms with E-state index in [0.717, 1.165) is 6.07 Å². The van der Waals surface area contributed by atoms with E-state index < -0.39 is 37.6 Å². The van der Waals surface area contributed by atoms with E-state index in [4.69, 9.17) is 9.29 Å². The number of carboxylic acid groups (broad SMARTS) is 1. The molecule has 31 heavy (non-hydrogen) atoms. The molecule has 0 spiro atoms. The Morgan fingerprint density at radius 1 is 1.29 bits per heavy atom. The molecule has 0 amide bonds. The van der Waals surface area contributed by atoms with E-state index in [-0.39, 0.29) is 5.75 Å². The van der Waals surface area contributed by atoms with Crippen molar-refractivity contribution in [1.82, 2.24) is 4.98 Å². The fraction of sp³-hybridized carbons (Fsp3) is 0.167. The number of hydrogen-bond acceptors (Lipinski definition) is 10. The van der Waals surface area contributed by atoms with Crippen LogP contribution in [0.1, 0.15) is 10.6 Å². The maximum absolute atomic E-state index is 12.7. The molecule has 0 saturated carbocycles. The minimum Gasteiger partial charge on any atom is -0.480 e. The van der Waals surface area contributed by atoms with Gasteiger partial charge in [0.2, 0.25) is 0 Å². The van der Waals surface area contributed by atoms with Gasteiger partial charge < -0.3 is 9.29 Å². The summed E-state index contributed by atoms with van der Waals surface area (Å²) >= 11 is 2.51. The van der Waals surface area contributed by atoms with Crippen LogP contribution in [0.2, 0.25) is 0 Å². The summed E-state index contributed by atoms with van der Waals surface area (Å²) in [5.74, 6) is -0.709. The lowest BCUT2D eigenvalue weighted by Gasteiger charge is -2.08. The van der Waals surface area contributed by atoms with E-state index in [0.29, 0.717) is 31.6 Å². The zero-order valence-corrected chi connectivity index (χ0v) is 18.2. The van der Waals surface area contributed by atoms with Crippen molar-refractivity contribution in [3.63, 3.8) is 0 Å². The van der Waals surface area contributed by atoms with Gasteiger partial charge in [0.05, 0.1) is 15.1 Å². The van der Waals surface area contributed by atoms with Gasteiger partial charge >= 0.3 is 16.1 Å². The first-order valence-corrected chi connectivity index (χ1v) is 11.9. The lowest BCUT2D eigenvalue weighted by atomic mass is 10.2. The number of fused-ring (bicyclic) bond motifs is 1. The normalized spacial score (nSPS) is 16.3. The SMILES string of the molecule is Cc1ccc(S(=O)(=O)Oc2ccc3nc(C4=N[C@@H](C(=O)O)CS4)sc3c2)c([N+](=O)[O-])c1. The van der Waals surface area contributed by atoms with Crippen LogP contribution in [0.4, 0.5) is 5.69 Å². The zero-order valence-electron chi connectivity index (χ0n) is 15.7. The topological polar surface area (TPSA) is 149 Å². The number of thiazole rings is 1. The Morgan fingerprint density at radius 3 is 2.74 bits per heavy atom. The molecular formula is C18H13N3O7S3. The molecule has 3 aromatic rings. The van der Waals surface area contributed by atoms with Gasteiger partial charge in [0, 0.05) is 17.9 Å². The maximum Gasteiger partial charge on any atom is 0.346 e. The van der Waals surface area contributed by atoms with Crippen molar-refractivity contribution in [3.8, 4) is 5.75 Å². The highest BCUT2D eigenvalue weighted by molar-refractivity contribution is 8.15. The van der Waals surface area contributed by atoms with Crippen LogP contribution in [0, 0.1) is 17.0 Å². The highest BCUT2D eigenvalue weighted by atomic mass is 32.2. The summed E-state index contributed by atoms with van der Waals surface area (Å²) in [6.45, 7) is 1.62. The van der Waals surface area contributed by atoms with Gasteiger partial charge in [0.1, 0.15) is 15.8 Å². The Hall–Kier alpha value is -3.03. The summed E-state index contributed by atoms with van der Waals surface area (Å²) in [6.07, 6.45) is 0. The van der Waals surface area contributed by atoms with Gasteiger partial charge in [-0.15, -0.1) is 23.1 Å². The molecule has 160 valence electrons. The summed E-state index contributed by atoms with van der Waals surface area (Å²) < 4.78 is 31.1. The Labute approximate surface area is 183 Å². The number of carbonyl (C=O) groups is 1. The molecule has 2 aromatic carbocycles. The van der Waals surface area contributed by atoms with E-state index in [1.807, 2.05) is 0 Å². The van der Waals surface area contributed by atoms with Crippen molar-refractivity contribution in [2.75, 3.05) is 5.75 Å². The van der Waals surface area contributed by atoms with Crippen LogP contribution in [0.15, 0.2) is 46.3 Å². The van der Waals surface area contributed by atoms with Crippen molar-refractivity contribution in [3.05, 3.63) is 57.1 Å². The second-order valence-corrected chi connectivity index (χ2v) is 10.1. The molecule has 13 heteroatoms. The molecule has 0 bridgehead atoms. The van der Waals surface area contributed by atoms with Gasteiger partial charge in [0.15, 0.2) is 10.9 Å². The van der Waals surface area contributed by atoms with Crippen LogP contribution in [0.25, 0.3) is 10.2 Å². The Balaban J connectivity index is 1.65. The highest BCUT2D eigenvalue weighted by Crippen LogP contribution is 2.33. The molecule has 0 unspecified atom stereocenters. The largest absolute Gasteiger partial charge is 0.480 e. The smallest absolute Gasteiger partial charge is 0.346 e. The van der Waals surface area contributed by atoms with Crippen LogP contribution >= 0.6 is 23.1 Å². The standard InChI is InChI=1S/C18H13N3O7S3/c1-9-2-5-15(13(6-9)21(24)25)31(26,27)28-10-3-4-11-14(7-10)30-17(19-11)16-20-12(8-29-16)18(22)23/h2-7,12H,8H2,1H3,(H,22,23)/t12-/m1/s1. The lowest BCUT2D eigenvalue weighted by molar-refractivity contribution is -0.387. The number of nitro groups is 1. The lowest BCUT2D eigenvalue weighted by Crippen LogP contribution is -2.17. The third-order valence-corrected chi connectivity index (χ3v) is 7.77. The van der Waals surface area contributed by atoms with Gasteiger partial charge in [-0.25, -0.2) is 9.78 Å². The maximum atomic E-state index is 12.7. The van der Waals surface area contributed by atoms with Gasteiger partial charge in [-0.2, -0.15) is 8.42 Å². The van der Waals surface area contributed by atoms with Crippen LogP contribution in [0.3, 0.4) is 0 Å². The molecule has 0 fully saturated rings. The molecule has 2 heterocycles. The molecule has 1 aromatic heterocycles. The molecule has 0 saturated heterocycles. The predicted octanol–water partition coefficient (Wildman–Crippen LogP) is 3.23. The average molecular weight is 480 g/mol. The second kappa shape index (κ2) is 7.90. The zero-order chi connectivity index (χ0) is 22.3. The van der Waals surface area contributed by atoms with Crippen molar-refractivity contribution in [2.24, 2.45) is 4.99 Å². The molecule has 1 aliphatic rings. The third kappa shape index (κ3) is 4.24. The highest BCUT2D eigenvalue weighted by Gasteiger charge is 2.29. The van der Waals surface area contributed by atoms with Crippen molar-refractivity contribution in [1.29, 1.82) is 0 Å². The number of nitrogens with zero attached hydrogens (tertiary/aromatic N) is 3. The summed E-state index contributed by atoms with van der Waals surface area (Å²) in [7, 11) is -4.45. The number of rotatable bonds is 6. The van der Waals surface area contributed by atoms with E-state index in [1.165, 1.54) is 47.4 Å². The first-order chi connectivity index (χ1) is 14.6. The third-order valence-electron chi connectivity index (χ3n) is 4.27. The number of aliphatic carboxylic acids is 1. The van der Waals surface area contributed by atoms with Gasteiger partial charge in [-0.3, -0.25) is 15.1 Å². The molecule has 0 radical (unpaired) electrons. The van der Waals surface area contributed by atoms with E-state index in [1.54, 1.807) is 13.0 Å². The molecule has 1 atom stereocenters. The van der Waals surface area contributed by atoms with E-state index in [2.05, 4.69) is 9.98 Å². The van der Waals surface area contributed by atoms with E-state index in [9.17, 15) is 23.3 Å². The Kier molecular flexibility index (Phi) is 5.41. The van der Waals surface area contributed by atoms with Crippen LogP contribution in [-0.4, -0.2) is 46.2 Å².